The van der Waals surface area contributed by atoms with Gasteiger partial charge in [-0.1, -0.05) is 0 Å². The van der Waals surface area contributed by atoms with Crippen molar-refractivity contribution in [3.63, 3.8) is 0 Å². The second-order valence-corrected chi connectivity index (χ2v) is 4.72. The molecular weight excluding hydrogens is 230 g/mol. The molecule has 4 heteroatoms. The molecule has 1 aromatic rings. The van der Waals surface area contributed by atoms with Crippen molar-refractivity contribution in [2.24, 2.45) is 0 Å². The maximum atomic E-state index is 11.5. The first kappa shape index (κ1) is 12.7. The maximum absolute atomic E-state index is 11.5. The molecule has 0 unspecified atom stereocenters. The molecule has 18 heavy (non-hydrogen) atoms. The van der Waals surface area contributed by atoms with E-state index in [1.165, 1.54) is 20.0 Å². The van der Waals surface area contributed by atoms with Crippen LogP contribution in [0.2, 0.25) is 0 Å². The monoisotopic (exact) mass is 249 g/mol. The lowest BCUT2D eigenvalue weighted by Gasteiger charge is -2.16. The Morgan fingerprint density at radius 2 is 2.00 bits per heavy atom. The molecule has 1 aromatic carbocycles. The van der Waals surface area contributed by atoms with Crippen molar-refractivity contribution in [2.75, 3.05) is 12.8 Å². The molecule has 0 amide bonds. The first-order chi connectivity index (χ1) is 8.61. The highest BCUT2D eigenvalue weighted by Crippen LogP contribution is 2.30. The van der Waals surface area contributed by atoms with Gasteiger partial charge in [-0.15, -0.1) is 0 Å². The van der Waals surface area contributed by atoms with Gasteiger partial charge < -0.3 is 15.2 Å². The molecule has 0 radical (unpaired) electrons. The molecule has 0 bridgehead atoms. The lowest BCUT2D eigenvalue weighted by Crippen LogP contribution is -2.13. The zero-order valence-corrected chi connectivity index (χ0v) is 10.9. The Hall–Kier alpha value is -1.71. The summed E-state index contributed by atoms with van der Waals surface area (Å²) in [7, 11) is 1.36. The Labute approximate surface area is 107 Å². The highest BCUT2D eigenvalue weighted by atomic mass is 16.5. The molecule has 2 rings (SSSR count). The molecule has 0 saturated heterocycles. The average Bonchev–Trinajstić information content (AvgIpc) is 2.85. The molecule has 1 aliphatic carbocycles. The fourth-order valence-electron chi connectivity index (χ4n) is 2.32. The summed E-state index contributed by atoms with van der Waals surface area (Å²) in [6, 6.07) is 3.45. The number of rotatable bonds is 3. The van der Waals surface area contributed by atoms with E-state index in [1.807, 2.05) is 13.0 Å². The average molecular weight is 249 g/mol. The summed E-state index contributed by atoms with van der Waals surface area (Å²) in [5.74, 6) is 0.304. The molecule has 4 nitrogen and oxygen atoms in total. The fourth-order valence-corrected chi connectivity index (χ4v) is 2.32. The van der Waals surface area contributed by atoms with Crippen LogP contribution in [-0.4, -0.2) is 19.2 Å². The number of nitrogens with two attached hydrogens (primary N) is 1. The molecule has 0 heterocycles. The van der Waals surface area contributed by atoms with Gasteiger partial charge in [-0.3, -0.25) is 0 Å². The molecule has 0 atom stereocenters. The van der Waals surface area contributed by atoms with Gasteiger partial charge in [-0.05, 0) is 50.3 Å². The summed E-state index contributed by atoms with van der Waals surface area (Å²) < 4.78 is 10.6. The van der Waals surface area contributed by atoms with Gasteiger partial charge in [-0.2, -0.15) is 0 Å². The van der Waals surface area contributed by atoms with Crippen molar-refractivity contribution in [2.45, 2.75) is 38.7 Å². The number of anilines is 1. The van der Waals surface area contributed by atoms with Gasteiger partial charge in [0.25, 0.3) is 0 Å². The van der Waals surface area contributed by atoms with Gasteiger partial charge >= 0.3 is 5.97 Å². The number of hydrogen-bond acceptors (Lipinski definition) is 4. The van der Waals surface area contributed by atoms with Gasteiger partial charge in [0.05, 0.1) is 24.5 Å². The molecule has 1 fully saturated rings. The summed E-state index contributed by atoms with van der Waals surface area (Å²) in [5, 5.41) is 0. The van der Waals surface area contributed by atoms with Crippen LogP contribution < -0.4 is 10.5 Å². The van der Waals surface area contributed by atoms with Crippen LogP contribution in [0.25, 0.3) is 0 Å². The van der Waals surface area contributed by atoms with Crippen molar-refractivity contribution < 1.29 is 14.3 Å². The number of methoxy groups -OCH3 is 1. The topological polar surface area (TPSA) is 61.5 Å². The standard InChI is InChI=1S/C14H19NO3/c1-9-7-13(18-10-5-3-4-6-10)12(15)8-11(9)14(16)17-2/h7-8,10H,3-6,15H2,1-2H3. The van der Waals surface area contributed by atoms with E-state index in [9.17, 15) is 4.79 Å². The quantitative estimate of drug-likeness (QED) is 0.661. The van der Waals surface area contributed by atoms with E-state index >= 15 is 0 Å². The highest BCUT2D eigenvalue weighted by molar-refractivity contribution is 5.92. The summed E-state index contributed by atoms with van der Waals surface area (Å²) in [5.41, 5.74) is 7.74. The molecule has 0 aromatic heterocycles. The molecule has 0 spiro atoms. The van der Waals surface area contributed by atoms with Crippen molar-refractivity contribution in [1.82, 2.24) is 0 Å². The van der Waals surface area contributed by atoms with Crippen LogP contribution in [0.1, 0.15) is 41.6 Å². The molecule has 1 aliphatic rings. The normalized spacial score (nSPS) is 15.7. The van der Waals surface area contributed by atoms with Crippen LogP contribution in [-0.2, 0) is 4.74 Å². The van der Waals surface area contributed by atoms with Crippen molar-refractivity contribution in [3.8, 4) is 5.75 Å². The Bertz CT molecular complexity index is 451. The summed E-state index contributed by atoms with van der Waals surface area (Å²) in [6.07, 6.45) is 4.85. The van der Waals surface area contributed by atoms with Gasteiger partial charge in [0.1, 0.15) is 5.75 Å². The number of carbonyl (C=O) groups is 1. The van der Waals surface area contributed by atoms with Crippen LogP contribution in [0.5, 0.6) is 5.75 Å². The smallest absolute Gasteiger partial charge is 0.338 e. The van der Waals surface area contributed by atoms with E-state index in [0.29, 0.717) is 17.0 Å². The van der Waals surface area contributed by atoms with E-state index in [4.69, 9.17) is 15.2 Å². The third kappa shape index (κ3) is 2.58. The number of aryl methyl sites for hydroxylation is 1. The van der Waals surface area contributed by atoms with E-state index < -0.39 is 0 Å². The van der Waals surface area contributed by atoms with Crippen LogP contribution >= 0.6 is 0 Å². The number of carbonyl (C=O) groups excluding carboxylic acids is 1. The number of hydrogen-bond donors (Lipinski definition) is 1. The zero-order chi connectivity index (χ0) is 13.1. The van der Waals surface area contributed by atoms with Crippen LogP contribution in [0.15, 0.2) is 12.1 Å². The van der Waals surface area contributed by atoms with Gasteiger partial charge in [-0.25, -0.2) is 4.79 Å². The Morgan fingerprint density at radius 3 is 2.61 bits per heavy atom. The lowest BCUT2D eigenvalue weighted by atomic mass is 10.1. The second kappa shape index (κ2) is 5.29. The van der Waals surface area contributed by atoms with E-state index in [1.54, 1.807) is 6.07 Å². The third-order valence-corrected chi connectivity index (χ3v) is 3.36. The largest absolute Gasteiger partial charge is 0.488 e. The van der Waals surface area contributed by atoms with Gasteiger partial charge in [0.15, 0.2) is 0 Å². The third-order valence-electron chi connectivity index (χ3n) is 3.36. The van der Waals surface area contributed by atoms with E-state index in [2.05, 4.69) is 0 Å². The predicted molar refractivity (Wildman–Crippen MR) is 69.8 cm³/mol. The van der Waals surface area contributed by atoms with Crippen molar-refractivity contribution in [1.29, 1.82) is 0 Å². The van der Waals surface area contributed by atoms with E-state index in [-0.39, 0.29) is 12.1 Å². The summed E-state index contributed by atoms with van der Waals surface area (Å²) in [6.45, 7) is 1.85. The number of nitrogen functional groups attached to an aromatic ring is 1. The Morgan fingerprint density at radius 1 is 1.33 bits per heavy atom. The Kier molecular flexibility index (Phi) is 3.75. The highest BCUT2D eigenvalue weighted by Gasteiger charge is 2.19. The minimum absolute atomic E-state index is 0.260. The Balaban J connectivity index is 2.22. The zero-order valence-electron chi connectivity index (χ0n) is 10.9. The predicted octanol–water partition coefficient (Wildman–Crippen LogP) is 2.69. The van der Waals surface area contributed by atoms with Crippen LogP contribution in [0, 0.1) is 6.92 Å². The SMILES string of the molecule is COC(=O)c1cc(N)c(OC2CCCC2)cc1C. The van der Waals surface area contributed by atoms with Crippen molar-refractivity contribution in [3.05, 3.63) is 23.3 Å². The lowest BCUT2D eigenvalue weighted by molar-refractivity contribution is 0.0600. The van der Waals surface area contributed by atoms with Gasteiger partial charge in [0, 0.05) is 0 Å². The molecule has 1 saturated carbocycles. The van der Waals surface area contributed by atoms with Crippen molar-refractivity contribution >= 4 is 11.7 Å². The minimum Gasteiger partial charge on any atom is -0.488 e. The van der Waals surface area contributed by atoms with Crippen LogP contribution in [0.3, 0.4) is 0 Å². The van der Waals surface area contributed by atoms with Crippen LogP contribution in [0.4, 0.5) is 5.69 Å². The molecular formula is C14H19NO3. The minimum atomic E-state index is -0.369. The molecule has 2 N–H and O–H groups in total. The maximum Gasteiger partial charge on any atom is 0.338 e. The van der Waals surface area contributed by atoms with E-state index in [0.717, 1.165) is 18.4 Å². The molecule has 98 valence electrons. The number of benzene rings is 1. The molecule has 0 aliphatic heterocycles. The number of ether oxygens (including phenoxy) is 2. The number of esters is 1. The first-order valence-electron chi connectivity index (χ1n) is 6.27. The first-order valence-corrected chi connectivity index (χ1v) is 6.27. The van der Waals surface area contributed by atoms with Gasteiger partial charge in [0.2, 0.25) is 0 Å². The summed E-state index contributed by atoms with van der Waals surface area (Å²) >= 11 is 0. The fraction of sp³-hybridized carbons (Fsp3) is 0.500. The second-order valence-electron chi connectivity index (χ2n) is 4.72. The summed E-state index contributed by atoms with van der Waals surface area (Å²) in [4.78, 5) is 11.5.